The van der Waals surface area contributed by atoms with Gasteiger partial charge in [-0.2, -0.15) is 0 Å². The fraction of sp³-hybridized carbons (Fsp3) is 0.667. The summed E-state index contributed by atoms with van der Waals surface area (Å²) in [6.45, 7) is 4.47. The standard InChI is InChI=1S/C15H23N3O/c1-2-12-3-4-14(16-9-12)18-8-5-13(10-18)17-15(11-19)6-7-15/h3-4,9,13,17,19H,2,5-8,10-11H2,1H3. The van der Waals surface area contributed by atoms with Crippen LogP contribution in [0.5, 0.6) is 0 Å². The molecule has 4 nitrogen and oxygen atoms in total. The Morgan fingerprint density at radius 3 is 2.89 bits per heavy atom. The predicted octanol–water partition coefficient (Wildman–Crippen LogP) is 1.34. The molecular weight excluding hydrogens is 238 g/mol. The maximum atomic E-state index is 9.37. The molecule has 1 saturated heterocycles. The lowest BCUT2D eigenvalue weighted by Crippen LogP contribution is -2.44. The first-order valence-corrected chi connectivity index (χ1v) is 7.33. The van der Waals surface area contributed by atoms with Crippen molar-refractivity contribution in [2.75, 3.05) is 24.6 Å². The van der Waals surface area contributed by atoms with Crippen LogP contribution in [0.15, 0.2) is 18.3 Å². The molecule has 1 aromatic heterocycles. The molecule has 1 aromatic rings. The van der Waals surface area contributed by atoms with Gasteiger partial charge in [0.15, 0.2) is 0 Å². The van der Waals surface area contributed by atoms with Gasteiger partial charge in [-0.15, -0.1) is 0 Å². The number of nitrogens with one attached hydrogen (secondary N) is 1. The average Bonchev–Trinajstić information content (AvgIpc) is 3.08. The second-order valence-electron chi connectivity index (χ2n) is 5.89. The third-order valence-electron chi connectivity index (χ3n) is 4.40. The van der Waals surface area contributed by atoms with Gasteiger partial charge in [0, 0.05) is 30.9 Å². The molecule has 0 spiro atoms. The Kier molecular flexibility index (Phi) is 3.46. The minimum atomic E-state index is 0.0418. The van der Waals surface area contributed by atoms with E-state index in [1.807, 2.05) is 6.20 Å². The van der Waals surface area contributed by atoms with E-state index in [4.69, 9.17) is 0 Å². The normalized spacial score (nSPS) is 24.7. The predicted molar refractivity (Wildman–Crippen MR) is 76.4 cm³/mol. The molecule has 19 heavy (non-hydrogen) atoms. The number of aliphatic hydroxyl groups excluding tert-OH is 1. The average molecular weight is 261 g/mol. The Balaban J connectivity index is 1.58. The van der Waals surface area contributed by atoms with Crippen molar-refractivity contribution in [3.05, 3.63) is 23.9 Å². The zero-order chi connectivity index (χ0) is 13.3. The molecular formula is C15H23N3O. The highest BCUT2D eigenvalue weighted by Gasteiger charge is 2.44. The fourth-order valence-electron chi connectivity index (χ4n) is 2.83. The molecule has 0 bridgehead atoms. The molecule has 104 valence electrons. The fourth-order valence-corrected chi connectivity index (χ4v) is 2.83. The van der Waals surface area contributed by atoms with Crippen molar-refractivity contribution in [1.29, 1.82) is 0 Å². The molecule has 1 atom stereocenters. The van der Waals surface area contributed by atoms with E-state index in [1.165, 1.54) is 5.56 Å². The van der Waals surface area contributed by atoms with Gasteiger partial charge in [-0.3, -0.25) is 0 Å². The number of hydrogen-bond acceptors (Lipinski definition) is 4. The summed E-state index contributed by atoms with van der Waals surface area (Å²) in [6.07, 6.45) is 6.38. The monoisotopic (exact) mass is 261 g/mol. The first kappa shape index (κ1) is 12.9. The Bertz CT molecular complexity index is 428. The van der Waals surface area contributed by atoms with E-state index in [0.717, 1.165) is 44.6 Å². The highest BCUT2D eigenvalue weighted by atomic mass is 16.3. The Morgan fingerprint density at radius 2 is 2.32 bits per heavy atom. The van der Waals surface area contributed by atoms with Gasteiger partial charge in [0.2, 0.25) is 0 Å². The van der Waals surface area contributed by atoms with Crippen molar-refractivity contribution in [2.24, 2.45) is 0 Å². The van der Waals surface area contributed by atoms with Crippen LogP contribution < -0.4 is 10.2 Å². The lowest BCUT2D eigenvalue weighted by molar-refractivity contribution is 0.220. The van der Waals surface area contributed by atoms with Crippen LogP contribution in [-0.4, -0.2) is 41.4 Å². The van der Waals surface area contributed by atoms with Crippen molar-refractivity contribution < 1.29 is 5.11 Å². The molecule has 1 unspecified atom stereocenters. The number of aromatic nitrogens is 1. The molecule has 1 aliphatic heterocycles. The van der Waals surface area contributed by atoms with Gasteiger partial charge in [-0.25, -0.2) is 4.98 Å². The topological polar surface area (TPSA) is 48.4 Å². The summed E-state index contributed by atoms with van der Waals surface area (Å²) in [5.74, 6) is 1.08. The van der Waals surface area contributed by atoms with Crippen LogP contribution in [-0.2, 0) is 6.42 Å². The maximum absolute atomic E-state index is 9.37. The Labute approximate surface area is 114 Å². The molecule has 2 N–H and O–H groups in total. The SMILES string of the molecule is CCc1ccc(N2CCC(NC3(CO)CC3)C2)nc1. The molecule has 3 rings (SSSR count). The van der Waals surface area contributed by atoms with Gasteiger partial charge in [0.05, 0.1) is 6.61 Å². The summed E-state index contributed by atoms with van der Waals surface area (Å²) >= 11 is 0. The summed E-state index contributed by atoms with van der Waals surface area (Å²) < 4.78 is 0. The molecule has 0 amide bonds. The first-order valence-electron chi connectivity index (χ1n) is 7.33. The lowest BCUT2D eigenvalue weighted by atomic mass is 10.2. The van der Waals surface area contributed by atoms with Crippen LogP contribution in [0.2, 0.25) is 0 Å². The van der Waals surface area contributed by atoms with Gasteiger partial charge in [0.1, 0.15) is 5.82 Å². The van der Waals surface area contributed by atoms with Crippen molar-refractivity contribution in [1.82, 2.24) is 10.3 Å². The minimum absolute atomic E-state index is 0.0418. The van der Waals surface area contributed by atoms with Gasteiger partial charge in [-0.1, -0.05) is 13.0 Å². The van der Waals surface area contributed by atoms with Crippen LogP contribution in [0.25, 0.3) is 0 Å². The van der Waals surface area contributed by atoms with Crippen LogP contribution in [0.3, 0.4) is 0 Å². The molecule has 2 heterocycles. The quantitative estimate of drug-likeness (QED) is 0.840. The molecule has 0 radical (unpaired) electrons. The van der Waals surface area contributed by atoms with E-state index in [9.17, 15) is 5.11 Å². The number of aliphatic hydroxyl groups is 1. The van der Waals surface area contributed by atoms with Crippen LogP contribution in [0, 0.1) is 0 Å². The molecule has 0 aromatic carbocycles. The number of nitrogens with zero attached hydrogens (tertiary/aromatic N) is 2. The smallest absolute Gasteiger partial charge is 0.128 e. The molecule has 1 aliphatic carbocycles. The number of rotatable bonds is 5. The summed E-state index contributed by atoms with van der Waals surface area (Å²) in [4.78, 5) is 6.88. The summed E-state index contributed by atoms with van der Waals surface area (Å²) in [6, 6.07) is 4.78. The van der Waals surface area contributed by atoms with E-state index in [2.05, 4.69) is 34.3 Å². The van der Waals surface area contributed by atoms with E-state index in [0.29, 0.717) is 6.04 Å². The third-order valence-corrected chi connectivity index (χ3v) is 4.40. The molecule has 1 saturated carbocycles. The maximum Gasteiger partial charge on any atom is 0.128 e. The number of aryl methyl sites for hydroxylation is 1. The van der Waals surface area contributed by atoms with Crippen LogP contribution in [0.4, 0.5) is 5.82 Å². The van der Waals surface area contributed by atoms with Gasteiger partial charge in [0.25, 0.3) is 0 Å². The summed E-state index contributed by atoms with van der Waals surface area (Å²) in [5.41, 5.74) is 1.33. The second kappa shape index (κ2) is 5.10. The van der Waals surface area contributed by atoms with Gasteiger partial charge >= 0.3 is 0 Å². The lowest BCUT2D eigenvalue weighted by Gasteiger charge is -2.21. The van der Waals surface area contributed by atoms with Crippen molar-refractivity contribution in [2.45, 2.75) is 44.2 Å². The first-order chi connectivity index (χ1) is 9.24. The van der Waals surface area contributed by atoms with Gasteiger partial charge in [-0.05, 0) is 37.3 Å². The largest absolute Gasteiger partial charge is 0.394 e. The number of hydrogen-bond donors (Lipinski definition) is 2. The summed E-state index contributed by atoms with van der Waals surface area (Å²) in [5, 5.41) is 13.0. The minimum Gasteiger partial charge on any atom is -0.394 e. The number of anilines is 1. The number of pyridine rings is 1. The van der Waals surface area contributed by atoms with Gasteiger partial charge < -0.3 is 15.3 Å². The van der Waals surface area contributed by atoms with E-state index < -0.39 is 0 Å². The van der Waals surface area contributed by atoms with Crippen LogP contribution >= 0.6 is 0 Å². The third kappa shape index (κ3) is 2.74. The van der Waals surface area contributed by atoms with Crippen molar-refractivity contribution in [3.63, 3.8) is 0 Å². The van der Waals surface area contributed by atoms with Crippen molar-refractivity contribution >= 4 is 5.82 Å². The Morgan fingerprint density at radius 1 is 1.47 bits per heavy atom. The summed E-state index contributed by atoms with van der Waals surface area (Å²) in [7, 11) is 0. The van der Waals surface area contributed by atoms with Crippen molar-refractivity contribution in [3.8, 4) is 0 Å². The second-order valence-corrected chi connectivity index (χ2v) is 5.89. The van der Waals surface area contributed by atoms with E-state index in [-0.39, 0.29) is 12.1 Å². The molecule has 4 heteroatoms. The van der Waals surface area contributed by atoms with E-state index >= 15 is 0 Å². The van der Waals surface area contributed by atoms with E-state index in [1.54, 1.807) is 0 Å². The Hall–Kier alpha value is -1.13. The molecule has 2 aliphatic rings. The zero-order valence-electron chi connectivity index (χ0n) is 11.6. The molecule has 2 fully saturated rings. The zero-order valence-corrected chi connectivity index (χ0v) is 11.6. The van der Waals surface area contributed by atoms with Crippen LogP contribution in [0.1, 0.15) is 31.7 Å². The highest BCUT2D eigenvalue weighted by molar-refractivity contribution is 5.41. The highest BCUT2D eigenvalue weighted by Crippen LogP contribution is 2.36.